The Labute approximate surface area is 159 Å². The number of aromatic nitrogens is 2. The van der Waals surface area contributed by atoms with Crippen molar-refractivity contribution in [1.29, 1.82) is 0 Å². The number of furan rings is 1. The van der Waals surface area contributed by atoms with Gasteiger partial charge in [0.25, 0.3) is 11.6 Å². The summed E-state index contributed by atoms with van der Waals surface area (Å²) in [6.45, 7) is 4.02. The van der Waals surface area contributed by atoms with Gasteiger partial charge in [0.2, 0.25) is 0 Å². The Morgan fingerprint density at radius 3 is 2.70 bits per heavy atom. The Morgan fingerprint density at radius 2 is 2.15 bits per heavy atom. The molecule has 140 valence electrons. The highest BCUT2D eigenvalue weighted by Gasteiger charge is 2.22. The van der Waals surface area contributed by atoms with E-state index in [2.05, 4.69) is 10.4 Å². The Bertz CT molecular complexity index is 981. The highest BCUT2D eigenvalue weighted by Crippen LogP contribution is 2.24. The molecule has 1 amide bonds. The molecule has 2 aromatic heterocycles. The third-order valence-corrected chi connectivity index (χ3v) is 4.39. The number of hydrogen-bond donors (Lipinski definition) is 1. The number of hydrogen-bond acceptors (Lipinski definition) is 5. The zero-order chi connectivity index (χ0) is 19.6. The topological polar surface area (TPSA) is 103 Å². The first kappa shape index (κ1) is 18.7. The number of rotatable bonds is 6. The van der Waals surface area contributed by atoms with Gasteiger partial charge in [-0.05, 0) is 38.1 Å². The van der Waals surface area contributed by atoms with Crippen molar-refractivity contribution < 1.29 is 14.1 Å². The zero-order valence-corrected chi connectivity index (χ0v) is 15.4. The average Bonchev–Trinajstić information content (AvgIpc) is 3.25. The van der Waals surface area contributed by atoms with Crippen molar-refractivity contribution in [3.8, 4) is 0 Å². The van der Waals surface area contributed by atoms with E-state index in [9.17, 15) is 14.9 Å². The van der Waals surface area contributed by atoms with Crippen LogP contribution in [0.3, 0.4) is 0 Å². The molecule has 0 aliphatic rings. The number of nitrogens with one attached hydrogen (secondary N) is 1. The second-order valence-corrected chi connectivity index (χ2v) is 6.44. The molecular weight excluding hydrogens is 372 g/mol. The van der Waals surface area contributed by atoms with Crippen LogP contribution in [0, 0.1) is 24.0 Å². The molecule has 1 unspecified atom stereocenters. The largest absolute Gasteiger partial charge is 0.467 e. The number of nitrogens with zero attached hydrogens (tertiary/aromatic N) is 3. The molecule has 8 nitrogen and oxygen atoms in total. The van der Waals surface area contributed by atoms with Crippen LogP contribution in [0.1, 0.15) is 33.5 Å². The first-order chi connectivity index (χ1) is 12.9. The summed E-state index contributed by atoms with van der Waals surface area (Å²) in [6, 6.07) is 8.91. The summed E-state index contributed by atoms with van der Waals surface area (Å²) in [6.07, 6.45) is 1.56. The minimum Gasteiger partial charge on any atom is -0.467 e. The van der Waals surface area contributed by atoms with Crippen LogP contribution in [-0.2, 0) is 0 Å². The second kappa shape index (κ2) is 7.63. The zero-order valence-electron chi connectivity index (χ0n) is 14.7. The number of amides is 1. The van der Waals surface area contributed by atoms with Gasteiger partial charge in [-0.2, -0.15) is 5.10 Å². The second-order valence-electron chi connectivity index (χ2n) is 6.03. The van der Waals surface area contributed by atoms with Crippen molar-refractivity contribution in [3.05, 3.63) is 80.5 Å². The smallest absolute Gasteiger partial charge is 0.270 e. The molecule has 0 spiro atoms. The van der Waals surface area contributed by atoms with Crippen molar-refractivity contribution in [2.75, 3.05) is 6.54 Å². The molecule has 0 fully saturated rings. The summed E-state index contributed by atoms with van der Waals surface area (Å²) >= 11 is 6.03. The fraction of sp³-hybridized carbons (Fsp3) is 0.222. The third kappa shape index (κ3) is 4.01. The van der Waals surface area contributed by atoms with Crippen molar-refractivity contribution >= 4 is 23.2 Å². The molecule has 1 atom stereocenters. The van der Waals surface area contributed by atoms with Gasteiger partial charge < -0.3 is 9.73 Å². The summed E-state index contributed by atoms with van der Waals surface area (Å²) in [4.78, 5) is 22.7. The van der Waals surface area contributed by atoms with Crippen LogP contribution in [0.15, 0.2) is 47.1 Å². The third-order valence-electron chi connectivity index (χ3n) is 4.08. The summed E-state index contributed by atoms with van der Waals surface area (Å²) < 4.78 is 7.29. The van der Waals surface area contributed by atoms with Gasteiger partial charge in [-0.25, -0.2) is 0 Å². The first-order valence-electron chi connectivity index (χ1n) is 8.15. The van der Waals surface area contributed by atoms with Crippen LogP contribution >= 0.6 is 11.6 Å². The maximum Gasteiger partial charge on any atom is 0.270 e. The molecule has 1 aromatic carbocycles. The first-order valence-corrected chi connectivity index (χ1v) is 8.53. The van der Waals surface area contributed by atoms with E-state index in [-0.39, 0.29) is 28.9 Å². The fourth-order valence-electron chi connectivity index (χ4n) is 2.84. The molecule has 0 saturated carbocycles. The van der Waals surface area contributed by atoms with E-state index in [0.29, 0.717) is 5.76 Å². The SMILES string of the molecule is Cc1cc(C)n(C(CNC(=O)c2ccc([N+](=O)[O-])cc2Cl)c2ccco2)n1. The summed E-state index contributed by atoms with van der Waals surface area (Å²) in [5.41, 5.74) is 1.77. The molecule has 2 heterocycles. The molecule has 0 saturated heterocycles. The molecular formula is C18H17ClN4O4. The van der Waals surface area contributed by atoms with E-state index in [1.807, 2.05) is 26.0 Å². The van der Waals surface area contributed by atoms with Crippen molar-refractivity contribution in [3.63, 3.8) is 0 Å². The van der Waals surface area contributed by atoms with Gasteiger partial charge in [0.1, 0.15) is 11.8 Å². The highest BCUT2D eigenvalue weighted by atomic mass is 35.5. The number of non-ortho nitro benzene ring substituents is 1. The van der Waals surface area contributed by atoms with Crippen LogP contribution in [0.2, 0.25) is 5.02 Å². The average molecular weight is 389 g/mol. The predicted molar refractivity (Wildman–Crippen MR) is 99.0 cm³/mol. The predicted octanol–water partition coefficient (Wildman–Crippen LogP) is 3.67. The van der Waals surface area contributed by atoms with E-state index in [1.165, 1.54) is 12.1 Å². The van der Waals surface area contributed by atoms with E-state index < -0.39 is 10.8 Å². The Kier molecular flexibility index (Phi) is 5.27. The van der Waals surface area contributed by atoms with Crippen LogP contribution < -0.4 is 5.32 Å². The Balaban J connectivity index is 1.81. The number of nitro benzene ring substituents is 1. The van der Waals surface area contributed by atoms with Gasteiger partial charge in [0.05, 0.1) is 27.5 Å². The Hall–Kier alpha value is -3.13. The lowest BCUT2D eigenvalue weighted by Gasteiger charge is -2.18. The molecule has 27 heavy (non-hydrogen) atoms. The number of carbonyl (C=O) groups excluding carboxylic acids is 1. The lowest BCUT2D eigenvalue weighted by molar-refractivity contribution is -0.384. The minimum atomic E-state index is -0.566. The van der Waals surface area contributed by atoms with Crippen LogP contribution in [0.4, 0.5) is 5.69 Å². The van der Waals surface area contributed by atoms with E-state index in [4.69, 9.17) is 16.0 Å². The van der Waals surface area contributed by atoms with E-state index >= 15 is 0 Å². The maximum atomic E-state index is 12.5. The van der Waals surface area contributed by atoms with Crippen LogP contribution in [0.25, 0.3) is 0 Å². The minimum absolute atomic E-state index is 0.0161. The molecule has 3 rings (SSSR count). The summed E-state index contributed by atoms with van der Waals surface area (Å²) in [7, 11) is 0. The molecule has 9 heteroatoms. The van der Waals surface area contributed by atoms with Gasteiger partial charge in [-0.1, -0.05) is 11.6 Å². The molecule has 0 radical (unpaired) electrons. The molecule has 0 aliphatic carbocycles. The van der Waals surface area contributed by atoms with Crippen LogP contribution in [0.5, 0.6) is 0 Å². The molecule has 1 N–H and O–H groups in total. The molecule has 0 bridgehead atoms. The van der Waals surface area contributed by atoms with Crippen LogP contribution in [-0.4, -0.2) is 27.2 Å². The summed E-state index contributed by atoms with van der Waals surface area (Å²) in [5.74, 6) is 0.212. The van der Waals surface area contributed by atoms with Gasteiger partial charge in [0, 0.05) is 24.4 Å². The van der Waals surface area contributed by atoms with Crippen molar-refractivity contribution in [2.45, 2.75) is 19.9 Å². The lowest BCUT2D eigenvalue weighted by atomic mass is 10.1. The van der Waals surface area contributed by atoms with Gasteiger partial charge >= 0.3 is 0 Å². The number of aryl methyl sites for hydroxylation is 2. The lowest BCUT2D eigenvalue weighted by Crippen LogP contribution is -2.32. The van der Waals surface area contributed by atoms with E-state index in [0.717, 1.165) is 17.5 Å². The number of benzene rings is 1. The highest BCUT2D eigenvalue weighted by molar-refractivity contribution is 6.34. The fourth-order valence-corrected chi connectivity index (χ4v) is 3.10. The molecule has 0 aliphatic heterocycles. The van der Waals surface area contributed by atoms with Gasteiger partial charge in [-0.3, -0.25) is 19.6 Å². The quantitative estimate of drug-likeness (QED) is 0.512. The summed E-state index contributed by atoms with van der Waals surface area (Å²) in [5, 5.41) is 18.1. The number of halogens is 1. The van der Waals surface area contributed by atoms with Gasteiger partial charge in [-0.15, -0.1) is 0 Å². The monoisotopic (exact) mass is 388 g/mol. The number of nitro groups is 1. The standard InChI is InChI=1S/C18H17ClN4O4/c1-11-8-12(2)22(21-11)16(17-4-3-7-27-17)10-20-18(24)14-6-5-13(23(25)26)9-15(14)19/h3-9,16H,10H2,1-2H3,(H,20,24). The molecule has 3 aromatic rings. The van der Waals surface area contributed by atoms with E-state index in [1.54, 1.807) is 17.0 Å². The van der Waals surface area contributed by atoms with Crippen molar-refractivity contribution in [1.82, 2.24) is 15.1 Å². The van der Waals surface area contributed by atoms with Gasteiger partial charge in [0.15, 0.2) is 0 Å². The van der Waals surface area contributed by atoms with Crippen molar-refractivity contribution in [2.24, 2.45) is 0 Å². The normalized spacial score (nSPS) is 12.0. The number of carbonyl (C=O) groups is 1. The Morgan fingerprint density at radius 1 is 1.37 bits per heavy atom. The maximum absolute atomic E-state index is 12.5.